The molecule has 0 unspecified atom stereocenters. The SMILES string of the molecule is N#CCCN(Cc1cc(F)cc(C#CCCO)c1)C1CC1. The average Bonchev–Trinajstić information content (AvgIpc) is 3.28. The highest BCUT2D eigenvalue weighted by Crippen LogP contribution is 2.28. The lowest BCUT2D eigenvalue weighted by Gasteiger charge is -2.20. The van der Waals surface area contributed by atoms with E-state index in [2.05, 4.69) is 22.8 Å². The molecule has 0 atom stereocenters. The summed E-state index contributed by atoms with van der Waals surface area (Å²) in [6.45, 7) is 1.39. The lowest BCUT2D eigenvalue weighted by molar-refractivity contribution is 0.260. The molecule has 1 fully saturated rings. The molecule has 1 aromatic rings. The number of rotatable bonds is 6. The van der Waals surface area contributed by atoms with E-state index in [9.17, 15) is 4.39 Å². The van der Waals surface area contributed by atoms with E-state index in [0.717, 1.165) is 24.9 Å². The lowest BCUT2D eigenvalue weighted by Crippen LogP contribution is -2.26. The van der Waals surface area contributed by atoms with Gasteiger partial charge in [0, 0.05) is 37.5 Å². The zero-order valence-corrected chi connectivity index (χ0v) is 12.0. The predicted octanol–water partition coefficient (Wildman–Crippen LogP) is 2.44. The van der Waals surface area contributed by atoms with Crippen LogP contribution in [0.2, 0.25) is 0 Å². The van der Waals surface area contributed by atoms with Crippen LogP contribution in [0.25, 0.3) is 0 Å². The summed E-state index contributed by atoms with van der Waals surface area (Å²) in [6, 6.07) is 7.51. The van der Waals surface area contributed by atoms with Gasteiger partial charge in [0.25, 0.3) is 0 Å². The monoisotopic (exact) mass is 286 g/mol. The zero-order valence-electron chi connectivity index (χ0n) is 12.0. The van der Waals surface area contributed by atoms with E-state index >= 15 is 0 Å². The van der Waals surface area contributed by atoms with Gasteiger partial charge in [-0.05, 0) is 36.6 Å². The zero-order chi connectivity index (χ0) is 15.1. The smallest absolute Gasteiger partial charge is 0.124 e. The molecule has 0 aliphatic heterocycles. The fourth-order valence-electron chi connectivity index (χ4n) is 2.29. The van der Waals surface area contributed by atoms with Gasteiger partial charge in [-0.15, -0.1) is 0 Å². The van der Waals surface area contributed by atoms with Gasteiger partial charge < -0.3 is 5.11 Å². The van der Waals surface area contributed by atoms with Gasteiger partial charge in [0.15, 0.2) is 0 Å². The van der Waals surface area contributed by atoms with Gasteiger partial charge in [-0.2, -0.15) is 5.26 Å². The minimum Gasteiger partial charge on any atom is -0.395 e. The number of nitrogens with zero attached hydrogens (tertiary/aromatic N) is 2. The summed E-state index contributed by atoms with van der Waals surface area (Å²) >= 11 is 0. The Morgan fingerprint density at radius 1 is 1.29 bits per heavy atom. The maximum Gasteiger partial charge on any atom is 0.124 e. The van der Waals surface area contributed by atoms with Crippen molar-refractivity contribution >= 4 is 0 Å². The van der Waals surface area contributed by atoms with Gasteiger partial charge in [0.2, 0.25) is 0 Å². The third-order valence-corrected chi connectivity index (χ3v) is 3.39. The third-order valence-electron chi connectivity index (χ3n) is 3.39. The van der Waals surface area contributed by atoms with Crippen molar-refractivity contribution in [3.05, 3.63) is 35.1 Å². The summed E-state index contributed by atoms with van der Waals surface area (Å²) in [5.41, 5.74) is 1.52. The van der Waals surface area contributed by atoms with Gasteiger partial charge in [-0.1, -0.05) is 11.8 Å². The molecule has 0 aromatic heterocycles. The van der Waals surface area contributed by atoms with Gasteiger partial charge in [0.05, 0.1) is 12.7 Å². The fraction of sp³-hybridized carbons (Fsp3) is 0.471. The van der Waals surface area contributed by atoms with Crippen molar-refractivity contribution in [3.8, 4) is 17.9 Å². The van der Waals surface area contributed by atoms with Crippen LogP contribution in [-0.2, 0) is 6.54 Å². The van der Waals surface area contributed by atoms with Crippen molar-refractivity contribution < 1.29 is 9.50 Å². The van der Waals surface area contributed by atoms with E-state index in [1.165, 1.54) is 12.1 Å². The summed E-state index contributed by atoms with van der Waals surface area (Å²) in [7, 11) is 0. The minimum absolute atomic E-state index is 0.0127. The Balaban J connectivity index is 2.08. The van der Waals surface area contributed by atoms with Gasteiger partial charge in [-0.25, -0.2) is 4.39 Å². The number of aliphatic hydroxyl groups excluding tert-OH is 1. The summed E-state index contributed by atoms with van der Waals surface area (Å²) in [5.74, 6) is 5.38. The average molecular weight is 286 g/mol. The van der Waals surface area contributed by atoms with Crippen molar-refractivity contribution in [3.63, 3.8) is 0 Å². The summed E-state index contributed by atoms with van der Waals surface area (Å²) in [4.78, 5) is 2.24. The lowest BCUT2D eigenvalue weighted by atomic mass is 10.1. The van der Waals surface area contributed by atoms with Crippen LogP contribution in [0.3, 0.4) is 0 Å². The van der Waals surface area contributed by atoms with Crippen LogP contribution in [0.5, 0.6) is 0 Å². The summed E-state index contributed by atoms with van der Waals surface area (Å²) < 4.78 is 13.7. The second-order valence-electron chi connectivity index (χ2n) is 5.23. The topological polar surface area (TPSA) is 47.3 Å². The van der Waals surface area contributed by atoms with Crippen molar-refractivity contribution in [1.29, 1.82) is 5.26 Å². The highest BCUT2D eigenvalue weighted by atomic mass is 19.1. The molecule has 1 aliphatic rings. The Hall–Kier alpha value is -1.88. The largest absolute Gasteiger partial charge is 0.395 e. The molecular weight excluding hydrogens is 267 g/mol. The number of aliphatic hydroxyl groups is 1. The molecule has 4 heteroatoms. The Morgan fingerprint density at radius 3 is 2.76 bits per heavy atom. The normalized spacial score (nSPS) is 13.6. The van der Waals surface area contributed by atoms with Gasteiger partial charge in [-0.3, -0.25) is 4.90 Å². The van der Waals surface area contributed by atoms with Crippen LogP contribution >= 0.6 is 0 Å². The molecule has 1 saturated carbocycles. The molecule has 3 nitrogen and oxygen atoms in total. The Kier molecular flexibility index (Phi) is 5.75. The second-order valence-corrected chi connectivity index (χ2v) is 5.23. The van der Waals surface area contributed by atoms with Gasteiger partial charge in [0.1, 0.15) is 5.82 Å². The van der Waals surface area contributed by atoms with E-state index in [1.807, 2.05) is 6.07 Å². The van der Waals surface area contributed by atoms with Crippen LogP contribution in [0.1, 0.15) is 36.8 Å². The first-order valence-corrected chi connectivity index (χ1v) is 7.23. The van der Waals surface area contributed by atoms with E-state index < -0.39 is 0 Å². The molecule has 0 spiro atoms. The van der Waals surface area contributed by atoms with E-state index in [4.69, 9.17) is 10.4 Å². The minimum atomic E-state index is -0.295. The standard InChI is InChI=1S/C17H19FN2O/c18-16-11-14(4-1-2-9-21)10-15(12-16)13-20(8-3-7-19)17-5-6-17/h10-12,17,21H,2-3,5-6,8-9,13H2. The number of nitriles is 1. The quantitative estimate of drug-likeness (QED) is 0.817. The molecule has 110 valence electrons. The van der Waals surface area contributed by atoms with Crippen molar-refractivity contribution in [2.75, 3.05) is 13.2 Å². The van der Waals surface area contributed by atoms with E-state index in [0.29, 0.717) is 31.0 Å². The molecule has 0 radical (unpaired) electrons. The predicted molar refractivity (Wildman–Crippen MR) is 78.6 cm³/mol. The van der Waals surface area contributed by atoms with Crippen LogP contribution < -0.4 is 0 Å². The van der Waals surface area contributed by atoms with E-state index in [1.54, 1.807) is 0 Å². The van der Waals surface area contributed by atoms with Crippen LogP contribution in [-0.4, -0.2) is 29.2 Å². The molecule has 0 saturated heterocycles. The maximum atomic E-state index is 13.7. The first-order valence-electron chi connectivity index (χ1n) is 7.23. The Labute approximate surface area is 125 Å². The van der Waals surface area contributed by atoms with Crippen LogP contribution in [0.4, 0.5) is 4.39 Å². The number of benzene rings is 1. The highest BCUT2D eigenvalue weighted by molar-refractivity contribution is 5.37. The molecule has 0 bridgehead atoms. The highest BCUT2D eigenvalue weighted by Gasteiger charge is 2.28. The number of halogens is 1. The molecule has 21 heavy (non-hydrogen) atoms. The molecule has 2 rings (SSSR count). The Morgan fingerprint density at radius 2 is 2.10 bits per heavy atom. The third kappa shape index (κ3) is 5.19. The molecule has 1 aliphatic carbocycles. The Bertz CT molecular complexity index is 579. The van der Waals surface area contributed by atoms with E-state index in [-0.39, 0.29) is 12.4 Å². The van der Waals surface area contributed by atoms with Crippen molar-refractivity contribution in [1.82, 2.24) is 4.90 Å². The summed E-state index contributed by atoms with van der Waals surface area (Å²) in [6.07, 6.45) is 3.20. The molecule has 0 heterocycles. The summed E-state index contributed by atoms with van der Waals surface area (Å²) in [5, 5.41) is 17.4. The van der Waals surface area contributed by atoms with Crippen LogP contribution in [0, 0.1) is 29.0 Å². The first-order chi connectivity index (χ1) is 10.2. The van der Waals surface area contributed by atoms with Gasteiger partial charge >= 0.3 is 0 Å². The molecule has 0 amide bonds. The maximum absolute atomic E-state index is 13.7. The number of hydrogen-bond donors (Lipinski definition) is 1. The molecule has 1 aromatic carbocycles. The molecule has 1 N–H and O–H groups in total. The fourth-order valence-corrected chi connectivity index (χ4v) is 2.29. The first kappa shape index (κ1) is 15.5. The van der Waals surface area contributed by atoms with Crippen molar-refractivity contribution in [2.24, 2.45) is 0 Å². The number of hydrogen-bond acceptors (Lipinski definition) is 3. The van der Waals surface area contributed by atoms with Crippen LogP contribution in [0.15, 0.2) is 18.2 Å². The van der Waals surface area contributed by atoms with Crippen molar-refractivity contribution in [2.45, 2.75) is 38.3 Å². The molecular formula is C17H19FN2O. The second kappa shape index (κ2) is 7.78.